The summed E-state index contributed by atoms with van der Waals surface area (Å²) in [5.74, 6) is 5.48. The maximum absolute atomic E-state index is 11.7. The standard InChI is InChI=1S/C13H14N6O3/c1-3-22-13(21)19(15)12-9-4-8(6-14)5-10(16-7(2)20)11(9)17-18-12/h4-5H,3,15H2,1-2H3,(H,16,20)(H,17,18). The molecule has 1 aromatic heterocycles. The Balaban J connectivity index is 2.57. The van der Waals surface area contributed by atoms with E-state index in [1.165, 1.54) is 19.1 Å². The van der Waals surface area contributed by atoms with Gasteiger partial charge in [0, 0.05) is 12.3 Å². The number of carbonyl (C=O) groups excluding carboxylic acids is 2. The Morgan fingerprint density at radius 3 is 2.86 bits per heavy atom. The van der Waals surface area contributed by atoms with Crippen molar-refractivity contribution >= 4 is 34.4 Å². The van der Waals surface area contributed by atoms with Crippen LogP contribution in [0.25, 0.3) is 10.9 Å². The molecule has 22 heavy (non-hydrogen) atoms. The summed E-state index contributed by atoms with van der Waals surface area (Å²) in [4.78, 5) is 22.9. The fourth-order valence-corrected chi connectivity index (χ4v) is 1.92. The van der Waals surface area contributed by atoms with Crippen molar-refractivity contribution in [2.75, 3.05) is 16.9 Å². The largest absolute Gasteiger partial charge is 0.448 e. The predicted octanol–water partition coefficient (Wildman–Crippen LogP) is 1.23. The van der Waals surface area contributed by atoms with Gasteiger partial charge in [-0.1, -0.05) is 0 Å². The number of hydrogen-bond donors (Lipinski definition) is 3. The Morgan fingerprint density at radius 2 is 2.27 bits per heavy atom. The second kappa shape index (κ2) is 6.11. The average Bonchev–Trinajstić information content (AvgIpc) is 2.90. The van der Waals surface area contributed by atoms with E-state index in [4.69, 9.17) is 15.8 Å². The number of benzene rings is 1. The lowest BCUT2D eigenvalue weighted by Crippen LogP contribution is -2.38. The zero-order valence-corrected chi connectivity index (χ0v) is 12.0. The minimum absolute atomic E-state index is 0.0946. The number of aromatic amines is 1. The van der Waals surface area contributed by atoms with E-state index in [9.17, 15) is 9.59 Å². The van der Waals surface area contributed by atoms with Gasteiger partial charge in [0.05, 0.1) is 29.4 Å². The first-order valence-electron chi connectivity index (χ1n) is 6.39. The van der Waals surface area contributed by atoms with E-state index in [0.29, 0.717) is 16.6 Å². The van der Waals surface area contributed by atoms with Crippen LogP contribution in [0.4, 0.5) is 16.3 Å². The van der Waals surface area contributed by atoms with Crippen molar-refractivity contribution in [3.05, 3.63) is 17.7 Å². The number of nitriles is 1. The Hall–Kier alpha value is -3.12. The Kier molecular flexibility index (Phi) is 4.24. The molecule has 0 aliphatic carbocycles. The number of fused-ring (bicyclic) bond motifs is 1. The molecule has 1 aromatic carbocycles. The third-order valence-electron chi connectivity index (χ3n) is 2.79. The van der Waals surface area contributed by atoms with Crippen molar-refractivity contribution < 1.29 is 14.3 Å². The zero-order valence-electron chi connectivity index (χ0n) is 12.0. The van der Waals surface area contributed by atoms with Crippen molar-refractivity contribution in [1.82, 2.24) is 10.2 Å². The molecule has 0 bridgehead atoms. The molecule has 0 radical (unpaired) electrons. The highest BCUT2D eigenvalue weighted by atomic mass is 16.6. The summed E-state index contributed by atoms with van der Waals surface area (Å²) in [5.41, 5.74) is 1.11. The SMILES string of the molecule is CCOC(=O)N(N)c1n[nH]c2c(NC(C)=O)cc(C#N)cc12. The summed E-state index contributed by atoms with van der Waals surface area (Å²) >= 11 is 0. The van der Waals surface area contributed by atoms with E-state index >= 15 is 0 Å². The molecule has 0 aliphatic heterocycles. The first-order chi connectivity index (χ1) is 10.5. The highest BCUT2D eigenvalue weighted by molar-refractivity contribution is 6.06. The summed E-state index contributed by atoms with van der Waals surface area (Å²) < 4.78 is 4.80. The van der Waals surface area contributed by atoms with Gasteiger partial charge < -0.3 is 10.1 Å². The van der Waals surface area contributed by atoms with Crippen LogP contribution >= 0.6 is 0 Å². The normalized spacial score (nSPS) is 10.1. The maximum atomic E-state index is 11.7. The van der Waals surface area contributed by atoms with Gasteiger partial charge in [-0.3, -0.25) is 9.89 Å². The lowest BCUT2D eigenvalue weighted by molar-refractivity contribution is -0.114. The van der Waals surface area contributed by atoms with E-state index in [2.05, 4.69) is 15.5 Å². The van der Waals surface area contributed by atoms with E-state index < -0.39 is 6.09 Å². The van der Waals surface area contributed by atoms with E-state index in [-0.39, 0.29) is 23.9 Å². The van der Waals surface area contributed by atoms with Gasteiger partial charge in [-0.25, -0.2) is 10.6 Å². The van der Waals surface area contributed by atoms with Crippen molar-refractivity contribution in [3.63, 3.8) is 0 Å². The summed E-state index contributed by atoms with van der Waals surface area (Å²) in [5, 5.41) is 19.5. The molecule has 0 saturated carbocycles. The predicted molar refractivity (Wildman–Crippen MR) is 78.8 cm³/mol. The highest BCUT2D eigenvalue weighted by Crippen LogP contribution is 2.30. The fraction of sp³-hybridized carbons (Fsp3) is 0.231. The number of amides is 2. The molecule has 0 atom stereocenters. The van der Waals surface area contributed by atoms with Gasteiger partial charge in [-0.2, -0.15) is 15.4 Å². The van der Waals surface area contributed by atoms with Gasteiger partial charge in [0.15, 0.2) is 5.82 Å². The van der Waals surface area contributed by atoms with Crippen LogP contribution in [0.15, 0.2) is 12.1 Å². The second-order valence-electron chi connectivity index (χ2n) is 4.36. The van der Waals surface area contributed by atoms with Gasteiger partial charge in [0.1, 0.15) is 0 Å². The number of hydrogen-bond acceptors (Lipinski definition) is 6. The number of anilines is 2. The molecule has 2 amide bonds. The number of hydrazine groups is 1. The van der Waals surface area contributed by atoms with Crippen LogP contribution in [0.2, 0.25) is 0 Å². The van der Waals surface area contributed by atoms with E-state index in [1.54, 1.807) is 6.92 Å². The number of nitrogens with one attached hydrogen (secondary N) is 2. The van der Waals surface area contributed by atoms with Crippen molar-refractivity contribution in [2.24, 2.45) is 5.84 Å². The van der Waals surface area contributed by atoms with Crippen molar-refractivity contribution in [3.8, 4) is 6.07 Å². The Bertz CT molecular complexity index is 776. The van der Waals surface area contributed by atoms with Gasteiger partial charge in [0.25, 0.3) is 0 Å². The number of nitrogens with zero attached hydrogens (tertiary/aromatic N) is 3. The summed E-state index contributed by atoms with van der Waals surface area (Å²) in [6, 6.07) is 4.98. The van der Waals surface area contributed by atoms with Crippen LogP contribution in [0, 0.1) is 11.3 Å². The number of carbonyl (C=O) groups is 2. The topological polar surface area (TPSA) is 137 Å². The molecule has 9 nitrogen and oxygen atoms in total. The van der Waals surface area contributed by atoms with Crippen LogP contribution < -0.4 is 16.2 Å². The third kappa shape index (κ3) is 2.82. The van der Waals surface area contributed by atoms with Gasteiger partial charge in [0.2, 0.25) is 5.91 Å². The van der Waals surface area contributed by atoms with Crippen LogP contribution in [-0.2, 0) is 9.53 Å². The minimum atomic E-state index is -0.778. The molecule has 0 fully saturated rings. The van der Waals surface area contributed by atoms with Crippen LogP contribution in [-0.4, -0.2) is 28.8 Å². The van der Waals surface area contributed by atoms with Crippen LogP contribution in [0.5, 0.6) is 0 Å². The van der Waals surface area contributed by atoms with Crippen molar-refractivity contribution in [2.45, 2.75) is 13.8 Å². The molecular formula is C13H14N6O3. The summed E-state index contributed by atoms with van der Waals surface area (Å²) in [6.45, 7) is 3.16. The fourth-order valence-electron chi connectivity index (χ4n) is 1.92. The quantitative estimate of drug-likeness (QED) is 0.443. The minimum Gasteiger partial charge on any atom is -0.448 e. The zero-order chi connectivity index (χ0) is 16.3. The smallest absolute Gasteiger partial charge is 0.430 e. The second-order valence-corrected chi connectivity index (χ2v) is 4.36. The maximum Gasteiger partial charge on any atom is 0.430 e. The van der Waals surface area contributed by atoms with Gasteiger partial charge >= 0.3 is 6.09 Å². The summed E-state index contributed by atoms with van der Waals surface area (Å²) in [7, 11) is 0. The van der Waals surface area contributed by atoms with Gasteiger partial charge in [-0.05, 0) is 19.1 Å². The molecule has 1 heterocycles. The molecule has 9 heteroatoms. The average molecular weight is 302 g/mol. The number of H-pyrrole nitrogens is 1. The molecule has 114 valence electrons. The van der Waals surface area contributed by atoms with E-state index in [1.807, 2.05) is 6.07 Å². The molecular weight excluding hydrogens is 288 g/mol. The van der Waals surface area contributed by atoms with Crippen molar-refractivity contribution in [1.29, 1.82) is 5.26 Å². The first-order valence-corrected chi connectivity index (χ1v) is 6.39. The lowest BCUT2D eigenvalue weighted by Gasteiger charge is -2.13. The molecule has 2 aromatic rings. The van der Waals surface area contributed by atoms with Crippen LogP contribution in [0.3, 0.4) is 0 Å². The number of aromatic nitrogens is 2. The van der Waals surface area contributed by atoms with E-state index in [0.717, 1.165) is 5.01 Å². The third-order valence-corrected chi connectivity index (χ3v) is 2.79. The molecule has 2 rings (SSSR count). The number of rotatable bonds is 3. The first kappa shape index (κ1) is 15.3. The molecule has 0 spiro atoms. The summed E-state index contributed by atoms with van der Waals surface area (Å²) in [6.07, 6.45) is -0.778. The molecule has 4 N–H and O–H groups in total. The monoisotopic (exact) mass is 302 g/mol. The lowest BCUT2D eigenvalue weighted by atomic mass is 10.1. The Morgan fingerprint density at radius 1 is 1.55 bits per heavy atom. The molecule has 0 unspecified atom stereocenters. The number of ether oxygens (including phenoxy) is 1. The number of nitrogens with two attached hydrogens (primary N) is 1. The van der Waals surface area contributed by atoms with Gasteiger partial charge in [-0.15, -0.1) is 0 Å². The van der Waals surface area contributed by atoms with Crippen LogP contribution in [0.1, 0.15) is 19.4 Å². The molecule has 0 aliphatic rings. The molecule has 0 saturated heterocycles. The highest BCUT2D eigenvalue weighted by Gasteiger charge is 2.20. The Labute approximate surface area is 125 Å².